The number of para-hydroxylation sites is 2. The van der Waals surface area contributed by atoms with E-state index in [1.165, 1.54) is 16.6 Å². The van der Waals surface area contributed by atoms with E-state index < -0.39 is 0 Å². The second-order valence-corrected chi connectivity index (χ2v) is 7.65. The molecule has 0 atom stereocenters. The first-order valence-electron chi connectivity index (χ1n) is 10.2. The van der Waals surface area contributed by atoms with E-state index in [-0.39, 0.29) is 0 Å². The molecule has 2 heterocycles. The first kappa shape index (κ1) is 17.2. The van der Waals surface area contributed by atoms with Crippen molar-refractivity contribution in [2.45, 2.75) is 25.4 Å². The lowest BCUT2D eigenvalue weighted by Gasteiger charge is -2.33. The quantitative estimate of drug-likeness (QED) is 0.472. The van der Waals surface area contributed by atoms with Gasteiger partial charge in [0.25, 0.3) is 0 Å². The van der Waals surface area contributed by atoms with E-state index in [9.17, 15) is 0 Å². The zero-order valence-electron chi connectivity index (χ0n) is 16.0. The molecule has 4 aromatic rings. The molecule has 1 fully saturated rings. The van der Waals surface area contributed by atoms with Crippen LogP contribution in [0.4, 0.5) is 0 Å². The second kappa shape index (κ2) is 7.61. The number of hydrogen-bond acceptors (Lipinski definition) is 2. The number of rotatable bonds is 4. The smallest absolute Gasteiger partial charge is 0.141 e. The predicted octanol–water partition coefficient (Wildman–Crippen LogP) is 5.54. The van der Waals surface area contributed by atoms with Gasteiger partial charge in [0.15, 0.2) is 0 Å². The van der Waals surface area contributed by atoms with Crippen LogP contribution in [0.25, 0.3) is 22.4 Å². The van der Waals surface area contributed by atoms with Gasteiger partial charge in [-0.25, -0.2) is 4.98 Å². The standard InChI is InChI=1S/C25H25N3/c1-3-9-20(10-4-1)19-27-17-15-22(16-18-27)28-24-14-8-7-13-23(24)26-25(28)21-11-5-2-6-12-21/h1-14,22H,15-19H2. The molecule has 0 unspecified atom stereocenters. The van der Waals surface area contributed by atoms with Gasteiger partial charge < -0.3 is 4.57 Å². The summed E-state index contributed by atoms with van der Waals surface area (Å²) in [7, 11) is 0. The Morgan fingerprint density at radius 1 is 0.750 bits per heavy atom. The normalized spacial score (nSPS) is 15.9. The summed E-state index contributed by atoms with van der Waals surface area (Å²) in [6.07, 6.45) is 2.32. The summed E-state index contributed by atoms with van der Waals surface area (Å²) in [5, 5.41) is 0. The minimum Gasteiger partial charge on any atom is -0.321 e. The largest absolute Gasteiger partial charge is 0.321 e. The fourth-order valence-electron chi connectivity index (χ4n) is 4.38. The van der Waals surface area contributed by atoms with Gasteiger partial charge in [-0.1, -0.05) is 72.8 Å². The molecular weight excluding hydrogens is 342 g/mol. The van der Waals surface area contributed by atoms with Crippen molar-refractivity contribution in [1.82, 2.24) is 14.5 Å². The van der Waals surface area contributed by atoms with Crippen LogP contribution in [0.1, 0.15) is 24.4 Å². The van der Waals surface area contributed by atoms with Gasteiger partial charge in [0.2, 0.25) is 0 Å². The van der Waals surface area contributed by atoms with Crippen LogP contribution in [-0.2, 0) is 6.54 Å². The molecule has 3 heteroatoms. The van der Waals surface area contributed by atoms with Gasteiger partial charge in [-0.2, -0.15) is 0 Å². The Balaban J connectivity index is 1.42. The van der Waals surface area contributed by atoms with Gasteiger partial charge in [0.05, 0.1) is 11.0 Å². The summed E-state index contributed by atoms with van der Waals surface area (Å²) in [6, 6.07) is 30.4. The molecule has 1 aliphatic heterocycles. The average Bonchev–Trinajstić information content (AvgIpc) is 3.15. The summed E-state index contributed by atoms with van der Waals surface area (Å²) in [4.78, 5) is 7.57. The average molecular weight is 367 g/mol. The van der Waals surface area contributed by atoms with Crippen molar-refractivity contribution in [2.75, 3.05) is 13.1 Å². The molecule has 28 heavy (non-hydrogen) atoms. The highest BCUT2D eigenvalue weighted by molar-refractivity contribution is 5.80. The Morgan fingerprint density at radius 2 is 1.39 bits per heavy atom. The molecule has 3 aromatic carbocycles. The zero-order chi connectivity index (χ0) is 18.8. The predicted molar refractivity (Wildman–Crippen MR) is 115 cm³/mol. The van der Waals surface area contributed by atoms with Gasteiger partial charge in [0.1, 0.15) is 5.82 Å². The molecule has 0 amide bonds. The third-order valence-corrected chi connectivity index (χ3v) is 5.80. The topological polar surface area (TPSA) is 21.1 Å². The van der Waals surface area contributed by atoms with E-state index in [4.69, 9.17) is 4.98 Å². The molecule has 0 N–H and O–H groups in total. The van der Waals surface area contributed by atoms with Crippen molar-refractivity contribution < 1.29 is 0 Å². The molecule has 0 aliphatic carbocycles. The van der Waals surface area contributed by atoms with Crippen LogP contribution in [0.2, 0.25) is 0 Å². The van der Waals surface area contributed by atoms with Crippen LogP contribution in [0.5, 0.6) is 0 Å². The Kier molecular flexibility index (Phi) is 4.67. The summed E-state index contributed by atoms with van der Waals surface area (Å²) in [5.74, 6) is 1.10. The van der Waals surface area contributed by atoms with E-state index in [2.05, 4.69) is 94.4 Å². The van der Waals surface area contributed by atoms with Gasteiger partial charge in [0, 0.05) is 31.2 Å². The number of aromatic nitrogens is 2. The molecule has 0 saturated carbocycles. The van der Waals surface area contributed by atoms with E-state index in [0.29, 0.717) is 6.04 Å². The number of imidazole rings is 1. The Hall–Kier alpha value is -2.91. The highest BCUT2D eigenvalue weighted by atomic mass is 15.2. The van der Waals surface area contributed by atoms with Crippen molar-refractivity contribution in [3.63, 3.8) is 0 Å². The SMILES string of the molecule is c1ccc(CN2CCC(n3c(-c4ccccc4)nc4ccccc43)CC2)cc1. The maximum atomic E-state index is 4.99. The third-order valence-electron chi connectivity index (χ3n) is 5.80. The van der Waals surface area contributed by atoms with Crippen LogP contribution in [0, 0.1) is 0 Å². The Morgan fingerprint density at radius 3 is 2.14 bits per heavy atom. The van der Waals surface area contributed by atoms with Gasteiger partial charge >= 0.3 is 0 Å². The number of hydrogen-bond donors (Lipinski definition) is 0. The Bertz CT molecular complexity index is 1050. The second-order valence-electron chi connectivity index (χ2n) is 7.65. The van der Waals surface area contributed by atoms with Crippen molar-refractivity contribution in [3.8, 4) is 11.4 Å². The van der Waals surface area contributed by atoms with Crippen molar-refractivity contribution in [3.05, 3.63) is 90.5 Å². The zero-order valence-corrected chi connectivity index (χ0v) is 16.0. The third kappa shape index (κ3) is 3.34. The van der Waals surface area contributed by atoms with Crippen LogP contribution < -0.4 is 0 Å². The van der Waals surface area contributed by atoms with Crippen molar-refractivity contribution in [2.24, 2.45) is 0 Å². The van der Waals surface area contributed by atoms with Crippen LogP contribution in [-0.4, -0.2) is 27.5 Å². The minimum absolute atomic E-state index is 0.495. The van der Waals surface area contributed by atoms with E-state index >= 15 is 0 Å². The lowest BCUT2D eigenvalue weighted by Crippen LogP contribution is -2.34. The minimum atomic E-state index is 0.495. The lowest BCUT2D eigenvalue weighted by molar-refractivity contribution is 0.182. The number of nitrogens with zero attached hydrogens (tertiary/aromatic N) is 3. The van der Waals surface area contributed by atoms with E-state index in [1.807, 2.05) is 0 Å². The molecule has 1 aliphatic rings. The molecule has 0 spiro atoms. The highest BCUT2D eigenvalue weighted by Crippen LogP contribution is 2.33. The summed E-state index contributed by atoms with van der Waals surface area (Å²) < 4.78 is 2.49. The number of likely N-dealkylation sites (tertiary alicyclic amines) is 1. The van der Waals surface area contributed by atoms with E-state index in [0.717, 1.165) is 43.8 Å². The maximum absolute atomic E-state index is 4.99. The monoisotopic (exact) mass is 367 g/mol. The van der Waals surface area contributed by atoms with E-state index in [1.54, 1.807) is 0 Å². The molecule has 0 radical (unpaired) electrons. The summed E-state index contributed by atoms with van der Waals surface area (Å²) >= 11 is 0. The first-order valence-corrected chi connectivity index (χ1v) is 10.2. The van der Waals surface area contributed by atoms with Gasteiger partial charge in [-0.05, 0) is 30.5 Å². The van der Waals surface area contributed by atoms with Crippen LogP contribution in [0.3, 0.4) is 0 Å². The van der Waals surface area contributed by atoms with Gasteiger partial charge in [-0.3, -0.25) is 4.90 Å². The van der Waals surface area contributed by atoms with Gasteiger partial charge in [-0.15, -0.1) is 0 Å². The van der Waals surface area contributed by atoms with Crippen molar-refractivity contribution in [1.29, 1.82) is 0 Å². The van der Waals surface area contributed by atoms with Crippen LogP contribution >= 0.6 is 0 Å². The summed E-state index contributed by atoms with van der Waals surface area (Å²) in [6.45, 7) is 3.30. The van der Waals surface area contributed by atoms with Crippen LogP contribution in [0.15, 0.2) is 84.9 Å². The fraction of sp³-hybridized carbons (Fsp3) is 0.240. The van der Waals surface area contributed by atoms with Crippen molar-refractivity contribution >= 4 is 11.0 Å². The highest BCUT2D eigenvalue weighted by Gasteiger charge is 2.25. The lowest BCUT2D eigenvalue weighted by atomic mass is 10.0. The maximum Gasteiger partial charge on any atom is 0.141 e. The first-order chi connectivity index (χ1) is 13.9. The molecule has 1 saturated heterocycles. The number of benzene rings is 3. The fourth-order valence-corrected chi connectivity index (χ4v) is 4.38. The number of piperidine rings is 1. The molecule has 5 rings (SSSR count). The molecular formula is C25H25N3. The molecule has 140 valence electrons. The number of fused-ring (bicyclic) bond motifs is 1. The Labute approximate surface area is 166 Å². The molecule has 3 nitrogen and oxygen atoms in total. The molecule has 1 aromatic heterocycles. The summed E-state index contributed by atoms with van der Waals surface area (Å²) in [5.41, 5.74) is 4.94. The molecule has 0 bridgehead atoms.